The Morgan fingerprint density at radius 2 is 2.13 bits per heavy atom. The number of hydrogen-bond acceptors (Lipinski definition) is 1. The summed E-state index contributed by atoms with van der Waals surface area (Å²) in [5, 5.41) is 0. The standard InChI is InChI=1S/C12H16INO/c1-2-3-4-9-7-11(13)6-5-10(9)8-12(14)15/h5-7H,2-4,8H2,1H3,(H2,14,15). The normalized spacial score (nSPS) is 10.3. The van der Waals surface area contributed by atoms with Crippen molar-refractivity contribution in [2.45, 2.75) is 32.6 Å². The lowest BCUT2D eigenvalue weighted by Crippen LogP contribution is -2.15. The molecule has 0 aliphatic heterocycles. The van der Waals surface area contributed by atoms with Gasteiger partial charge in [-0.3, -0.25) is 4.79 Å². The van der Waals surface area contributed by atoms with E-state index in [1.54, 1.807) is 0 Å². The van der Waals surface area contributed by atoms with E-state index < -0.39 is 0 Å². The summed E-state index contributed by atoms with van der Waals surface area (Å²) in [6.07, 6.45) is 3.72. The van der Waals surface area contributed by atoms with Crippen LogP contribution in [-0.4, -0.2) is 5.91 Å². The summed E-state index contributed by atoms with van der Waals surface area (Å²) in [6.45, 7) is 2.17. The Kier molecular flexibility index (Phi) is 5.08. The maximum atomic E-state index is 10.9. The SMILES string of the molecule is CCCCc1cc(I)ccc1CC(N)=O. The molecule has 0 aliphatic carbocycles. The average molecular weight is 317 g/mol. The molecule has 0 heterocycles. The van der Waals surface area contributed by atoms with E-state index in [2.05, 4.69) is 35.6 Å². The number of carbonyl (C=O) groups excluding carboxylic acids is 1. The molecule has 1 rings (SSSR count). The Labute approximate surface area is 104 Å². The van der Waals surface area contributed by atoms with Crippen LogP contribution in [0.4, 0.5) is 0 Å². The summed E-state index contributed by atoms with van der Waals surface area (Å²) in [6, 6.07) is 6.18. The van der Waals surface area contributed by atoms with E-state index in [9.17, 15) is 4.79 Å². The molecule has 0 saturated heterocycles. The van der Waals surface area contributed by atoms with Gasteiger partial charge in [0.1, 0.15) is 0 Å². The van der Waals surface area contributed by atoms with Gasteiger partial charge < -0.3 is 5.73 Å². The summed E-state index contributed by atoms with van der Waals surface area (Å²) in [5.74, 6) is -0.256. The van der Waals surface area contributed by atoms with Crippen molar-refractivity contribution in [2.24, 2.45) is 5.73 Å². The summed E-state index contributed by atoms with van der Waals surface area (Å²) >= 11 is 2.29. The predicted octanol–water partition coefficient (Wildman–Crippen LogP) is 2.66. The van der Waals surface area contributed by atoms with Gasteiger partial charge in [-0.25, -0.2) is 0 Å². The number of unbranched alkanes of at least 4 members (excludes halogenated alkanes) is 1. The van der Waals surface area contributed by atoms with Crippen LogP contribution >= 0.6 is 22.6 Å². The van der Waals surface area contributed by atoms with E-state index in [0.717, 1.165) is 18.4 Å². The van der Waals surface area contributed by atoms with Gasteiger partial charge in [0.15, 0.2) is 0 Å². The molecule has 2 N–H and O–H groups in total. The highest BCUT2D eigenvalue weighted by atomic mass is 127. The third-order valence-corrected chi connectivity index (χ3v) is 3.00. The van der Waals surface area contributed by atoms with Gasteiger partial charge in [0.05, 0.1) is 6.42 Å². The minimum Gasteiger partial charge on any atom is -0.369 e. The average Bonchev–Trinajstić information content (AvgIpc) is 2.18. The molecular formula is C12H16INO. The smallest absolute Gasteiger partial charge is 0.221 e. The van der Waals surface area contributed by atoms with Crippen LogP contribution in [0.3, 0.4) is 0 Å². The minimum atomic E-state index is -0.256. The van der Waals surface area contributed by atoms with E-state index in [0.29, 0.717) is 6.42 Å². The molecule has 1 aromatic carbocycles. The second-order valence-electron chi connectivity index (χ2n) is 3.66. The molecule has 1 aromatic rings. The Balaban J connectivity index is 2.87. The van der Waals surface area contributed by atoms with Crippen LogP contribution in [0.25, 0.3) is 0 Å². The maximum Gasteiger partial charge on any atom is 0.221 e. The topological polar surface area (TPSA) is 43.1 Å². The second-order valence-corrected chi connectivity index (χ2v) is 4.91. The van der Waals surface area contributed by atoms with E-state index in [1.807, 2.05) is 12.1 Å². The van der Waals surface area contributed by atoms with E-state index in [4.69, 9.17) is 5.73 Å². The van der Waals surface area contributed by atoms with Gasteiger partial charge >= 0.3 is 0 Å². The number of hydrogen-bond donors (Lipinski definition) is 1. The molecule has 0 aliphatic rings. The van der Waals surface area contributed by atoms with Gasteiger partial charge in [0, 0.05) is 3.57 Å². The number of amides is 1. The lowest BCUT2D eigenvalue weighted by atomic mass is 10.00. The zero-order valence-corrected chi connectivity index (χ0v) is 11.1. The van der Waals surface area contributed by atoms with Crippen molar-refractivity contribution >= 4 is 28.5 Å². The first-order chi connectivity index (χ1) is 7.13. The maximum absolute atomic E-state index is 10.9. The molecule has 0 aromatic heterocycles. The van der Waals surface area contributed by atoms with Crippen molar-refractivity contribution in [3.8, 4) is 0 Å². The molecule has 0 bridgehead atoms. The minimum absolute atomic E-state index is 0.256. The fourth-order valence-electron chi connectivity index (χ4n) is 1.55. The second kappa shape index (κ2) is 6.10. The van der Waals surface area contributed by atoms with Crippen molar-refractivity contribution < 1.29 is 4.79 Å². The van der Waals surface area contributed by atoms with Gasteiger partial charge in [-0.1, -0.05) is 19.4 Å². The van der Waals surface area contributed by atoms with Crippen molar-refractivity contribution in [2.75, 3.05) is 0 Å². The molecule has 0 unspecified atom stereocenters. The van der Waals surface area contributed by atoms with Gasteiger partial charge in [-0.2, -0.15) is 0 Å². The zero-order valence-electron chi connectivity index (χ0n) is 8.92. The van der Waals surface area contributed by atoms with E-state index in [-0.39, 0.29) is 5.91 Å². The molecule has 1 amide bonds. The van der Waals surface area contributed by atoms with Crippen LogP contribution in [-0.2, 0) is 17.6 Å². The van der Waals surface area contributed by atoms with Gasteiger partial charge in [0.2, 0.25) is 5.91 Å². The lowest BCUT2D eigenvalue weighted by Gasteiger charge is -2.08. The van der Waals surface area contributed by atoms with Crippen LogP contribution in [0, 0.1) is 3.57 Å². The van der Waals surface area contributed by atoms with Crippen molar-refractivity contribution in [3.63, 3.8) is 0 Å². The number of aryl methyl sites for hydroxylation is 1. The quantitative estimate of drug-likeness (QED) is 0.834. The number of nitrogens with two attached hydrogens (primary N) is 1. The fraction of sp³-hybridized carbons (Fsp3) is 0.417. The Morgan fingerprint density at radius 3 is 2.73 bits per heavy atom. The lowest BCUT2D eigenvalue weighted by molar-refractivity contribution is -0.117. The third kappa shape index (κ3) is 4.20. The zero-order chi connectivity index (χ0) is 11.3. The first-order valence-electron chi connectivity index (χ1n) is 5.19. The van der Waals surface area contributed by atoms with Crippen molar-refractivity contribution in [1.29, 1.82) is 0 Å². The van der Waals surface area contributed by atoms with Gasteiger partial charge in [-0.05, 0) is 58.7 Å². The highest BCUT2D eigenvalue weighted by molar-refractivity contribution is 14.1. The Bertz CT molecular complexity index is 349. The van der Waals surface area contributed by atoms with Crippen LogP contribution < -0.4 is 5.73 Å². The van der Waals surface area contributed by atoms with Crippen LogP contribution in [0.2, 0.25) is 0 Å². The molecule has 3 heteroatoms. The molecule has 0 atom stereocenters. The summed E-state index contributed by atoms with van der Waals surface area (Å²) in [5.41, 5.74) is 7.57. The van der Waals surface area contributed by atoms with Gasteiger partial charge in [-0.15, -0.1) is 0 Å². The number of benzene rings is 1. The molecule has 82 valence electrons. The number of carbonyl (C=O) groups is 1. The summed E-state index contributed by atoms with van der Waals surface area (Å²) < 4.78 is 1.21. The molecule has 0 spiro atoms. The van der Waals surface area contributed by atoms with Crippen LogP contribution in [0.1, 0.15) is 30.9 Å². The molecular weight excluding hydrogens is 301 g/mol. The summed E-state index contributed by atoms with van der Waals surface area (Å²) in [7, 11) is 0. The number of halogens is 1. The highest BCUT2D eigenvalue weighted by Gasteiger charge is 2.05. The molecule has 0 fully saturated rings. The third-order valence-electron chi connectivity index (χ3n) is 2.33. The largest absolute Gasteiger partial charge is 0.369 e. The van der Waals surface area contributed by atoms with Crippen molar-refractivity contribution in [1.82, 2.24) is 0 Å². The fourth-order valence-corrected chi connectivity index (χ4v) is 2.11. The molecule has 15 heavy (non-hydrogen) atoms. The highest BCUT2D eigenvalue weighted by Crippen LogP contribution is 2.16. The monoisotopic (exact) mass is 317 g/mol. The van der Waals surface area contributed by atoms with Crippen LogP contribution in [0.5, 0.6) is 0 Å². The van der Waals surface area contributed by atoms with Crippen molar-refractivity contribution in [3.05, 3.63) is 32.9 Å². The first kappa shape index (κ1) is 12.5. The van der Waals surface area contributed by atoms with E-state index in [1.165, 1.54) is 15.6 Å². The molecule has 2 nitrogen and oxygen atoms in total. The Hall–Kier alpha value is -0.580. The molecule has 0 radical (unpaired) electrons. The van der Waals surface area contributed by atoms with Crippen LogP contribution in [0.15, 0.2) is 18.2 Å². The molecule has 0 saturated carbocycles. The van der Waals surface area contributed by atoms with E-state index >= 15 is 0 Å². The Morgan fingerprint density at radius 1 is 1.40 bits per heavy atom. The number of primary amides is 1. The summed E-state index contributed by atoms with van der Waals surface area (Å²) in [4.78, 5) is 10.9. The van der Waals surface area contributed by atoms with Gasteiger partial charge in [0.25, 0.3) is 0 Å². The predicted molar refractivity (Wildman–Crippen MR) is 70.7 cm³/mol. The first-order valence-corrected chi connectivity index (χ1v) is 6.27. The number of rotatable bonds is 5.